The SMILES string of the molecule is CC1(C)CC(N=[N+]=[N-])C(C)(C)O1. The van der Waals surface area contributed by atoms with Crippen molar-refractivity contribution >= 4 is 0 Å². The maximum atomic E-state index is 8.33. The molecule has 1 aliphatic rings. The molecule has 0 aromatic carbocycles. The van der Waals surface area contributed by atoms with Crippen molar-refractivity contribution in [3.63, 3.8) is 0 Å². The standard InChI is InChI=1S/C8H15N3O/c1-7(2)5-6(10-11-9)8(3,4)12-7/h6H,5H2,1-4H3. The summed E-state index contributed by atoms with van der Waals surface area (Å²) >= 11 is 0. The molecule has 0 saturated carbocycles. The smallest absolute Gasteiger partial charge is 0.0719 e. The Labute approximate surface area is 72.5 Å². The van der Waals surface area contributed by atoms with Gasteiger partial charge in [-0.1, -0.05) is 5.11 Å². The molecule has 12 heavy (non-hydrogen) atoms. The first kappa shape index (κ1) is 9.36. The van der Waals surface area contributed by atoms with Crippen LogP contribution in [0.2, 0.25) is 0 Å². The Hall–Kier alpha value is -0.730. The fourth-order valence-corrected chi connectivity index (χ4v) is 1.78. The van der Waals surface area contributed by atoms with Gasteiger partial charge < -0.3 is 4.74 Å². The normalized spacial score (nSPS) is 31.2. The van der Waals surface area contributed by atoms with Crippen LogP contribution in [0.3, 0.4) is 0 Å². The van der Waals surface area contributed by atoms with Gasteiger partial charge in [-0.05, 0) is 39.6 Å². The predicted octanol–water partition coefficient (Wildman–Crippen LogP) is 2.64. The lowest BCUT2D eigenvalue weighted by molar-refractivity contribution is -0.0674. The van der Waals surface area contributed by atoms with Crippen molar-refractivity contribution in [2.75, 3.05) is 0 Å². The molecule has 0 radical (unpaired) electrons. The third kappa shape index (κ3) is 1.71. The van der Waals surface area contributed by atoms with Crippen molar-refractivity contribution in [1.82, 2.24) is 0 Å². The maximum Gasteiger partial charge on any atom is 0.0719 e. The van der Waals surface area contributed by atoms with E-state index < -0.39 is 0 Å². The second kappa shape index (κ2) is 2.64. The van der Waals surface area contributed by atoms with Gasteiger partial charge in [-0.3, -0.25) is 0 Å². The Morgan fingerprint density at radius 3 is 2.33 bits per heavy atom. The first-order chi connectivity index (χ1) is 5.37. The highest BCUT2D eigenvalue weighted by Crippen LogP contribution is 2.38. The molecule has 1 saturated heterocycles. The quantitative estimate of drug-likeness (QED) is 0.338. The van der Waals surface area contributed by atoms with Crippen LogP contribution in [0.25, 0.3) is 10.4 Å². The number of hydrogen-bond donors (Lipinski definition) is 0. The van der Waals surface area contributed by atoms with Crippen LogP contribution < -0.4 is 0 Å². The highest BCUT2D eigenvalue weighted by atomic mass is 16.5. The van der Waals surface area contributed by atoms with Crippen molar-refractivity contribution in [3.8, 4) is 0 Å². The lowest BCUT2D eigenvalue weighted by Crippen LogP contribution is -2.31. The van der Waals surface area contributed by atoms with Crippen LogP contribution in [-0.2, 0) is 4.74 Å². The van der Waals surface area contributed by atoms with E-state index in [2.05, 4.69) is 10.0 Å². The van der Waals surface area contributed by atoms with Crippen LogP contribution in [0.5, 0.6) is 0 Å². The molecule has 1 heterocycles. The molecule has 0 amide bonds. The molecule has 1 aliphatic heterocycles. The van der Waals surface area contributed by atoms with Crippen molar-refractivity contribution in [2.24, 2.45) is 5.11 Å². The van der Waals surface area contributed by atoms with E-state index in [1.807, 2.05) is 27.7 Å². The van der Waals surface area contributed by atoms with Gasteiger partial charge in [-0.25, -0.2) is 0 Å². The maximum absolute atomic E-state index is 8.33. The van der Waals surface area contributed by atoms with Gasteiger partial charge in [-0.15, -0.1) is 0 Å². The van der Waals surface area contributed by atoms with Gasteiger partial charge in [0.05, 0.1) is 17.2 Å². The van der Waals surface area contributed by atoms with Crippen LogP contribution in [0.1, 0.15) is 34.1 Å². The number of rotatable bonds is 1. The summed E-state index contributed by atoms with van der Waals surface area (Å²) in [6, 6.07) is -0.0440. The zero-order chi connectivity index (χ0) is 9.41. The van der Waals surface area contributed by atoms with E-state index >= 15 is 0 Å². The van der Waals surface area contributed by atoms with Crippen molar-refractivity contribution in [2.45, 2.75) is 51.4 Å². The summed E-state index contributed by atoms with van der Waals surface area (Å²) in [6.07, 6.45) is 0.796. The molecule has 1 rings (SSSR count). The summed E-state index contributed by atoms with van der Waals surface area (Å²) < 4.78 is 5.74. The zero-order valence-electron chi connectivity index (χ0n) is 8.03. The van der Waals surface area contributed by atoms with E-state index in [-0.39, 0.29) is 17.2 Å². The highest BCUT2D eigenvalue weighted by molar-refractivity contribution is 4.98. The van der Waals surface area contributed by atoms with Crippen LogP contribution in [0.15, 0.2) is 5.11 Å². The van der Waals surface area contributed by atoms with E-state index in [1.165, 1.54) is 0 Å². The van der Waals surface area contributed by atoms with Gasteiger partial charge in [0.25, 0.3) is 0 Å². The molecule has 0 bridgehead atoms. The molecular formula is C8H15N3O. The molecule has 1 atom stereocenters. The Bertz CT molecular complexity index is 228. The summed E-state index contributed by atoms with van der Waals surface area (Å²) in [6.45, 7) is 7.95. The largest absolute Gasteiger partial charge is 0.369 e. The average molecular weight is 169 g/mol. The molecule has 4 heteroatoms. The van der Waals surface area contributed by atoms with Crippen LogP contribution in [0, 0.1) is 0 Å². The second-order valence-electron chi connectivity index (χ2n) is 4.39. The van der Waals surface area contributed by atoms with Gasteiger partial charge in [-0.2, -0.15) is 0 Å². The van der Waals surface area contributed by atoms with Crippen LogP contribution >= 0.6 is 0 Å². The Kier molecular flexibility index (Phi) is 2.06. The molecule has 68 valence electrons. The molecule has 0 spiro atoms. The summed E-state index contributed by atoms with van der Waals surface area (Å²) in [7, 11) is 0. The number of nitrogens with zero attached hydrogens (tertiary/aromatic N) is 3. The average Bonchev–Trinajstić information content (AvgIpc) is 2.01. The molecule has 4 nitrogen and oxygen atoms in total. The minimum absolute atomic E-state index is 0.0440. The minimum atomic E-state index is -0.324. The third-order valence-electron chi connectivity index (χ3n) is 2.22. The Balaban J connectivity index is 2.84. The molecular weight excluding hydrogens is 154 g/mol. The molecule has 1 fully saturated rings. The molecule has 0 N–H and O–H groups in total. The Morgan fingerprint density at radius 2 is 2.00 bits per heavy atom. The summed E-state index contributed by atoms with van der Waals surface area (Å²) in [5.74, 6) is 0. The molecule has 0 aliphatic carbocycles. The summed E-state index contributed by atoms with van der Waals surface area (Å²) in [5, 5.41) is 3.73. The molecule has 1 unspecified atom stereocenters. The van der Waals surface area contributed by atoms with Gasteiger partial charge in [0.2, 0.25) is 0 Å². The van der Waals surface area contributed by atoms with Gasteiger partial charge in [0.1, 0.15) is 0 Å². The third-order valence-corrected chi connectivity index (χ3v) is 2.22. The minimum Gasteiger partial charge on any atom is -0.369 e. The zero-order valence-corrected chi connectivity index (χ0v) is 8.03. The van der Waals surface area contributed by atoms with Crippen molar-refractivity contribution in [3.05, 3.63) is 10.4 Å². The topological polar surface area (TPSA) is 58.0 Å². The van der Waals surface area contributed by atoms with E-state index in [4.69, 9.17) is 10.3 Å². The first-order valence-corrected chi connectivity index (χ1v) is 4.12. The van der Waals surface area contributed by atoms with Gasteiger partial charge in [0.15, 0.2) is 0 Å². The monoisotopic (exact) mass is 169 g/mol. The first-order valence-electron chi connectivity index (χ1n) is 4.12. The van der Waals surface area contributed by atoms with E-state index in [9.17, 15) is 0 Å². The number of azide groups is 1. The number of hydrogen-bond acceptors (Lipinski definition) is 2. The fraction of sp³-hybridized carbons (Fsp3) is 1.00. The lowest BCUT2D eigenvalue weighted by Gasteiger charge is -2.25. The summed E-state index contributed by atoms with van der Waals surface area (Å²) in [4.78, 5) is 2.82. The van der Waals surface area contributed by atoms with Gasteiger partial charge >= 0.3 is 0 Å². The number of ether oxygens (including phenoxy) is 1. The fourth-order valence-electron chi connectivity index (χ4n) is 1.78. The van der Waals surface area contributed by atoms with E-state index in [0.717, 1.165) is 6.42 Å². The van der Waals surface area contributed by atoms with Crippen LogP contribution in [0.4, 0.5) is 0 Å². The van der Waals surface area contributed by atoms with Crippen LogP contribution in [-0.4, -0.2) is 17.2 Å². The van der Waals surface area contributed by atoms with Crippen molar-refractivity contribution < 1.29 is 4.74 Å². The van der Waals surface area contributed by atoms with Gasteiger partial charge in [0, 0.05) is 4.91 Å². The summed E-state index contributed by atoms with van der Waals surface area (Å²) in [5.41, 5.74) is 7.84. The predicted molar refractivity (Wildman–Crippen MR) is 46.8 cm³/mol. The van der Waals surface area contributed by atoms with E-state index in [1.54, 1.807) is 0 Å². The molecule has 0 aromatic heterocycles. The Morgan fingerprint density at radius 1 is 1.42 bits per heavy atom. The molecule has 0 aromatic rings. The lowest BCUT2D eigenvalue weighted by atomic mass is 9.95. The van der Waals surface area contributed by atoms with E-state index in [0.29, 0.717) is 0 Å². The van der Waals surface area contributed by atoms with Crippen molar-refractivity contribution in [1.29, 1.82) is 0 Å². The highest BCUT2D eigenvalue weighted by Gasteiger charge is 2.45. The second-order valence-corrected chi connectivity index (χ2v) is 4.39.